The largest absolute Gasteiger partial charge is 0.493 e. The highest BCUT2D eigenvalue weighted by atomic mass is 79.9. The van der Waals surface area contributed by atoms with Gasteiger partial charge in [0.2, 0.25) is 5.88 Å². The molecule has 6 nitrogen and oxygen atoms in total. The maximum absolute atomic E-state index is 12.4. The van der Waals surface area contributed by atoms with E-state index in [9.17, 15) is 9.90 Å². The first-order valence-corrected chi connectivity index (χ1v) is 10.5. The lowest BCUT2D eigenvalue weighted by Crippen LogP contribution is -2.25. The predicted molar refractivity (Wildman–Crippen MR) is 120 cm³/mol. The molecule has 0 aliphatic rings. The van der Waals surface area contributed by atoms with E-state index in [-0.39, 0.29) is 22.2 Å². The fraction of sp³-hybridized carbons (Fsp3) is 0.250. The number of fused-ring (bicyclic) bond motifs is 1. The Hall–Kier alpha value is -1.93. The molecule has 0 radical (unpaired) electrons. The molecule has 0 aliphatic heterocycles. The van der Waals surface area contributed by atoms with E-state index in [1.54, 1.807) is 10.6 Å². The van der Waals surface area contributed by atoms with Crippen molar-refractivity contribution in [3.8, 4) is 5.88 Å². The molecule has 1 aromatic heterocycles. The zero-order valence-electron chi connectivity index (χ0n) is 15.9. The molecule has 0 bridgehead atoms. The third-order valence-electron chi connectivity index (χ3n) is 4.61. The van der Waals surface area contributed by atoms with E-state index in [1.165, 1.54) is 12.1 Å². The van der Waals surface area contributed by atoms with Crippen LogP contribution in [-0.2, 0) is 6.67 Å². The molecule has 0 aliphatic carbocycles. The molecule has 2 aromatic carbocycles. The Balaban J connectivity index is 2.04. The SMILES string of the molecule is CCN(CC)Cn1c(O)c(N=NC(=O)c2ccc(Cl)cc2Cl)c2cc(Br)ccc21. The highest BCUT2D eigenvalue weighted by Gasteiger charge is 2.19. The molecule has 3 aromatic rings. The van der Waals surface area contributed by atoms with E-state index in [1.807, 2.05) is 18.2 Å². The van der Waals surface area contributed by atoms with Gasteiger partial charge in [0.05, 0.1) is 22.8 Å². The Morgan fingerprint density at radius 3 is 2.55 bits per heavy atom. The zero-order chi connectivity index (χ0) is 21.1. The molecule has 0 fully saturated rings. The minimum Gasteiger partial charge on any atom is -0.493 e. The van der Waals surface area contributed by atoms with Gasteiger partial charge in [-0.25, -0.2) is 0 Å². The maximum atomic E-state index is 12.4. The van der Waals surface area contributed by atoms with Crippen LogP contribution in [0.15, 0.2) is 51.1 Å². The quantitative estimate of drug-likeness (QED) is 0.388. The fourth-order valence-electron chi connectivity index (χ4n) is 2.97. The van der Waals surface area contributed by atoms with Crippen LogP contribution < -0.4 is 0 Å². The molecular formula is C20H19BrCl2N4O2. The van der Waals surface area contributed by atoms with Crippen LogP contribution in [-0.4, -0.2) is 33.6 Å². The monoisotopic (exact) mass is 496 g/mol. The summed E-state index contributed by atoms with van der Waals surface area (Å²) in [4.78, 5) is 14.6. The number of hydrogen-bond acceptors (Lipinski definition) is 4. The van der Waals surface area contributed by atoms with Crippen molar-refractivity contribution < 1.29 is 9.90 Å². The van der Waals surface area contributed by atoms with Crippen LogP contribution in [0, 0.1) is 0 Å². The standard InChI is InChI=1S/C20H19BrCl2N4O2/c1-3-26(4-2)11-27-17-8-5-12(21)9-15(17)18(20(27)29)24-25-19(28)14-7-6-13(22)10-16(14)23/h5-10,29H,3-4,11H2,1-2H3. The van der Waals surface area contributed by atoms with Crippen molar-refractivity contribution in [2.45, 2.75) is 20.5 Å². The number of carbonyl (C=O) groups excluding carboxylic acids is 1. The van der Waals surface area contributed by atoms with Crippen molar-refractivity contribution in [1.82, 2.24) is 9.47 Å². The van der Waals surface area contributed by atoms with Crippen LogP contribution in [0.4, 0.5) is 5.69 Å². The topological polar surface area (TPSA) is 70.2 Å². The number of azo groups is 1. The van der Waals surface area contributed by atoms with Gasteiger partial charge in [-0.2, -0.15) is 0 Å². The molecule has 0 spiro atoms. The van der Waals surface area contributed by atoms with Gasteiger partial charge in [-0.05, 0) is 49.5 Å². The van der Waals surface area contributed by atoms with Gasteiger partial charge in [0.25, 0.3) is 5.91 Å². The average Bonchev–Trinajstić information content (AvgIpc) is 2.94. The first-order chi connectivity index (χ1) is 13.8. The summed E-state index contributed by atoms with van der Waals surface area (Å²) in [6.45, 7) is 6.26. The van der Waals surface area contributed by atoms with Crippen molar-refractivity contribution in [2.24, 2.45) is 10.2 Å². The summed E-state index contributed by atoms with van der Waals surface area (Å²) in [5, 5.41) is 20.0. The molecule has 1 N–H and O–H groups in total. The van der Waals surface area contributed by atoms with Crippen LogP contribution in [0.1, 0.15) is 24.2 Å². The maximum Gasteiger partial charge on any atom is 0.296 e. The summed E-state index contributed by atoms with van der Waals surface area (Å²) in [6, 6.07) is 10.1. The molecule has 9 heteroatoms. The van der Waals surface area contributed by atoms with Gasteiger partial charge in [0.1, 0.15) is 0 Å². The number of amides is 1. The minimum atomic E-state index is -0.620. The fourth-order valence-corrected chi connectivity index (χ4v) is 3.82. The summed E-state index contributed by atoms with van der Waals surface area (Å²) in [5.41, 5.74) is 1.21. The second kappa shape index (κ2) is 9.26. The molecule has 0 atom stereocenters. The Morgan fingerprint density at radius 1 is 1.17 bits per heavy atom. The number of aromatic nitrogens is 1. The second-order valence-corrected chi connectivity index (χ2v) is 8.10. The third kappa shape index (κ3) is 4.64. The smallest absolute Gasteiger partial charge is 0.296 e. The van der Waals surface area contributed by atoms with E-state index >= 15 is 0 Å². The van der Waals surface area contributed by atoms with Gasteiger partial charge in [-0.15, -0.1) is 10.2 Å². The summed E-state index contributed by atoms with van der Waals surface area (Å²) in [6.07, 6.45) is 0. The van der Waals surface area contributed by atoms with Crippen molar-refractivity contribution in [2.75, 3.05) is 13.1 Å². The van der Waals surface area contributed by atoms with Crippen LogP contribution >= 0.6 is 39.1 Å². The Labute approximate surface area is 186 Å². The van der Waals surface area contributed by atoms with E-state index in [0.29, 0.717) is 17.1 Å². The van der Waals surface area contributed by atoms with E-state index < -0.39 is 5.91 Å². The molecule has 0 saturated carbocycles. The van der Waals surface area contributed by atoms with Crippen LogP contribution in [0.5, 0.6) is 5.88 Å². The zero-order valence-corrected chi connectivity index (χ0v) is 19.0. The van der Waals surface area contributed by atoms with E-state index in [0.717, 1.165) is 23.1 Å². The van der Waals surface area contributed by atoms with Gasteiger partial charge >= 0.3 is 0 Å². The molecule has 1 amide bonds. The third-order valence-corrected chi connectivity index (χ3v) is 5.65. The van der Waals surface area contributed by atoms with Crippen molar-refractivity contribution in [3.63, 3.8) is 0 Å². The van der Waals surface area contributed by atoms with Gasteiger partial charge in [-0.3, -0.25) is 14.3 Å². The predicted octanol–water partition coefficient (Wildman–Crippen LogP) is 6.64. The Kier molecular flexibility index (Phi) is 6.95. The Morgan fingerprint density at radius 2 is 1.90 bits per heavy atom. The number of nitrogens with zero attached hydrogens (tertiary/aromatic N) is 4. The van der Waals surface area contributed by atoms with Gasteiger partial charge in [0, 0.05) is 14.9 Å². The summed E-state index contributed by atoms with van der Waals surface area (Å²) in [5.74, 6) is -0.672. The van der Waals surface area contributed by atoms with Gasteiger partial charge in [0.15, 0.2) is 5.69 Å². The molecule has 3 rings (SSSR count). The highest BCUT2D eigenvalue weighted by Crippen LogP contribution is 2.40. The molecule has 0 saturated heterocycles. The second-order valence-electron chi connectivity index (χ2n) is 6.34. The van der Waals surface area contributed by atoms with Gasteiger partial charge < -0.3 is 5.11 Å². The number of rotatable bonds is 6. The van der Waals surface area contributed by atoms with Crippen LogP contribution in [0.3, 0.4) is 0 Å². The molecule has 0 unspecified atom stereocenters. The number of halogens is 3. The minimum absolute atomic E-state index is 0.0521. The molecule has 29 heavy (non-hydrogen) atoms. The normalized spacial score (nSPS) is 11.8. The number of carbonyl (C=O) groups is 1. The van der Waals surface area contributed by atoms with Crippen LogP contribution in [0.25, 0.3) is 10.9 Å². The average molecular weight is 498 g/mol. The van der Waals surface area contributed by atoms with Crippen molar-refractivity contribution in [1.29, 1.82) is 0 Å². The first-order valence-electron chi connectivity index (χ1n) is 8.99. The van der Waals surface area contributed by atoms with Gasteiger partial charge in [-0.1, -0.05) is 53.0 Å². The lowest BCUT2D eigenvalue weighted by molar-refractivity contribution is 0.0995. The first kappa shape index (κ1) is 21.8. The summed E-state index contributed by atoms with van der Waals surface area (Å²) in [7, 11) is 0. The lowest BCUT2D eigenvalue weighted by atomic mass is 10.2. The number of benzene rings is 2. The van der Waals surface area contributed by atoms with Crippen molar-refractivity contribution in [3.05, 3.63) is 56.5 Å². The molecular weight excluding hydrogens is 479 g/mol. The molecule has 1 heterocycles. The number of aromatic hydroxyl groups is 1. The van der Waals surface area contributed by atoms with Crippen molar-refractivity contribution >= 4 is 61.6 Å². The lowest BCUT2D eigenvalue weighted by Gasteiger charge is -2.20. The summed E-state index contributed by atoms with van der Waals surface area (Å²) >= 11 is 15.4. The van der Waals surface area contributed by atoms with E-state index in [4.69, 9.17) is 23.2 Å². The summed E-state index contributed by atoms with van der Waals surface area (Å²) < 4.78 is 2.58. The molecule has 152 valence electrons. The Bertz CT molecular complexity index is 1090. The number of hydrogen-bond donors (Lipinski definition) is 1. The highest BCUT2D eigenvalue weighted by molar-refractivity contribution is 9.10. The van der Waals surface area contributed by atoms with Crippen LogP contribution in [0.2, 0.25) is 10.0 Å². The van der Waals surface area contributed by atoms with E-state index in [2.05, 4.69) is 44.9 Å².